The van der Waals surface area contributed by atoms with E-state index in [1.165, 1.54) is 18.4 Å². The van der Waals surface area contributed by atoms with Crippen LogP contribution in [-0.2, 0) is 4.79 Å². The summed E-state index contributed by atoms with van der Waals surface area (Å²) < 4.78 is 11.3. The monoisotopic (exact) mass is 422 g/mol. The number of rotatable bonds is 7. The molecule has 0 bridgehead atoms. The van der Waals surface area contributed by atoms with E-state index in [1.807, 2.05) is 36.4 Å². The standard InChI is InChI=1S/C25H30N2O4/c28-24(18-8-9-22-23(14-18)31-13-12-30-22)21(16-27-10-4-5-11-27)26-25(29)20-15-19(20)17-6-2-1-3-7-17/h1-3,6-9,14,19-21,24,28H,4-5,10-13,15-16H2,(H,26,29)/t19?,20?,21-,24+/m1/s1. The molecule has 5 rings (SSSR count). The molecule has 2 aliphatic heterocycles. The molecule has 1 amide bonds. The van der Waals surface area contributed by atoms with Crippen molar-refractivity contribution >= 4 is 5.91 Å². The summed E-state index contributed by atoms with van der Waals surface area (Å²) in [6, 6.07) is 15.4. The maximum Gasteiger partial charge on any atom is 0.224 e. The lowest BCUT2D eigenvalue weighted by Gasteiger charge is -2.29. The molecule has 2 aromatic rings. The molecular formula is C25H30N2O4. The zero-order valence-electron chi connectivity index (χ0n) is 17.7. The fourth-order valence-electron chi connectivity index (χ4n) is 4.79. The van der Waals surface area contributed by atoms with Crippen LogP contribution in [0.1, 0.15) is 42.4 Å². The van der Waals surface area contributed by atoms with Crippen molar-refractivity contribution in [3.63, 3.8) is 0 Å². The van der Waals surface area contributed by atoms with Gasteiger partial charge in [-0.25, -0.2) is 0 Å². The second-order valence-corrected chi connectivity index (χ2v) is 8.83. The van der Waals surface area contributed by atoms with Crippen molar-refractivity contribution in [1.82, 2.24) is 10.2 Å². The molecule has 1 saturated carbocycles. The molecule has 6 nitrogen and oxygen atoms in total. The Hall–Kier alpha value is -2.57. The highest BCUT2D eigenvalue weighted by Gasteiger charge is 2.45. The summed E-state index contributed by atoms with van der Waals surface area (Å²) in [6.45, 7) is 3.70. The number of likely N-dealkylation sites (tertiary alicyclic amines) is 1. The molecule has 2 N–H and O–H groups in total. The molecule has 0 spiro atoms. The second kappa shape index (κ2) is 8.89. The van der Waals surface area contributed by atoms with Gasteiger partial charge in [0.25, 0.3) is 0 Å². The first-order valence-electron chi connectivity index (χ1n) is 11.3. The number of hydrogen-bond acceptors (Lipinski definition) is 5. The molecule has 2 heterocycles. The van der Waals surface area contributed by atoms with Crippen molar-refractivity contribution in [2.45, 2.75) is 37.3 Å². The van der Waals surface area contributed by atoms with E-state index in [4.69, 9.17) is 9.47 Å². The van der Waals surface area contributed by atoms with Crippen LogP contribution in [0.25, 0.3) is 0 Å². The van der Waals surface area contributed by atoms with E-state index in [-0.39, 0.29) is 23.8 Å². The van der Waals surface area contributed by atoms with Gasteiger partial charge in [0.2, 0.25) is 5.91 Å². The van der Waals surface area contributed by atoms with Gasteiger partial charge in [0, 0.05) is 12.5 Å². The topological polar surface area (TPSA) is 71.0 Å². The van der Waals surface area contributed by atoms with Gasteiger partial charge in [0.15, 0.2) is 11.5 Å². The fraction of sp³-hybridized carbons (Fsp3) is 0.480. The van der Waals surface area contributed by atoms with Crippen molar-refractivity contribution in [3.05, 3.63) is 59.7 Å². The zero-order valence-corrected chi connectivity index (χ0v) is 17.7. The largest absolute Gasteiger partial charge is 0.486 e. The quantitative estimate of drug-likeness (QED) is 0.718. The summed E-state index contributed by atoms with van der Waals surface area (Å²) in [4.78, 5) is 15.4. The number of hydrogen-bond donors (Lipinski definition) is 2. The number of nitrogens with zero attached hydrogens (tertiary/aromatic N) is 1. The van der Waals surface area contributed by atoms with Gasteiger partial charge in [-0.15, -0.1) is 0 Å². The lowest BCUT2D eigenvalue weighted by Crippen LogP contribution is -2.47. The molecule has 1 saturated heterocycles. The first-order chi connectivity index (χ1) is 15.2. The normalized spacial score (nSPS) is 24.4. The van der Waals surface area contributed by atoms with Crippen molar-refractivity contribution in [3.8, 4) is 11.5 Å². The Labute approximate surface area is 183 Å². The highest BCUT2D eigenvalue weighted by molar-refractivity contribution is 5.83. The molecule has 0 radical (unpaired) electrons. The zero-order chi connectivity index (χ0) is 21.2. The Kier molecular flexibility index (Phi) is 5.83. The van der Waals surface area contributed by atoms with Crippen LogP contribution in [0.15, 0.2) is 48.5 Å². The predicted molar refractivity (Wildman–Crippen MR) is 117 cm³/mol. The van der Waals surface area contributed by atoms with Gasteiger partial charge in [0.1, 0.15) is 19.3 Å². The van der Waals surface area contributed by atoms with Crippen LogP contribution in [0.4, 0.5) is 0 Å². The van der Waals surface area contributed by atoms with Crippen LogP contribution in [0.5, 0.6) is 11.5 Å². The van der Waals surface area contributed by atoms with Gasteiger partial charge < -0.3 is 24.8 Å². The van der Waals surface area contributed by atoms with Gasteiger partial charge >= 0.3 is 0 Å². The highest BCUT2D eigenvalue weighted by atomic mass is 16.6. The molecular weight excluding hydrogens is 392 g/mol. The molecule has 3 aliphatic rings. The minimum absolute atomic E-state index is 0.0176. The maximum atomic E-state index is 13.1. The second-order valence-electron chi connectivity index (χ2n) is 8.83. The Bertz CT molecular complexity index is 913. The summed E-state index contributed by atoms with van der Waals surface area (Å²) in [6.07, 6.45) is 2.39. The smallest absolute Gasteiger partial charge is 0.224 e. The molecule has 0 aromatic heterocycles. The number of ether oxygens (including phenoxy) is 2. The molecule has 6 heteroatoms. The summed E-state index contributed by atoms with van der Waals surface area (Å²) in [5, 5.41) is 14.4. The third kappa shape index (κ3) is 4.55. The van der Waals surface area contributed by atoms with Crippen molar-refractivity contribution < 1.29 is 19.4 Å². The van der Waals surface area contributed by atoms with Gasteiger partial charge in [-0.1, -0.05) is 36.4 Å². The Morgan fingerprint density at radius 1 is 1.06 bits per heavy atom. The van der Waals surface area contributed by atoms with E-state index < -0.39 is 6.10 Å². The van der Waals surface area contributed by atoms with Gasteiger partial charge in [-0.05, 0) is 61.5 Å². The van der Waals surface area contributed by atoms with Crippen LogP contribution in [0, 0.1) is 5.92 Å². The Morgan fingerprint density at radius 3 is 2.58 bits per heavy atom. The third-order valence-corrected chi connectivity index (χ3v) is 6.63. The van der Waals surface area contributed by atoms with Crippen molar-refractivity contribution in [2.24, 2.45) is 5.92 Å². The number of aliphatic hydroxyl groups excluding tert-OH is 1. The number of carbonyl (C=O) groups excluding carboxylic acids is 1. The first kappa shape index (κ1) is 20.3. The van der Waals surface area contributed by atoms with Crippen LogP contribution in [0.3, 0.4) is 0 Å². The van der Waals surface area contributed by atoms with E-state index in [0.717, 1.165) is 25.1 Å². The maximum absolute atomic E-state index is 13.1. The van der Waals surface area contributed by atoms with E-state index in [0.29, 0.717) is 31.3 Å². The number of aliphatic hydroxyl groups is 1. The van der Waals surface area contributed by atoms with Crippen molar-refractivity contribution in [1.29, 1.82) is 0 Å². The highest BCUT2D eigenvalue weighted by Crippen LogP contribution is 2.47. The Balaban J connectivity index is 1.30. The molecule has 1 aliphatic carbocycles. The van der Waals surface area contributed by atoms with Crippen LogP contribution in [0.2, 0.25) is 0 Å². The third-order valence-electron chi connectivity index (χ3n) is 6.63. The molecule has 31 heavy (non-hydrogen) atoms. The first-order valence-corrected chi connectivity index (χ1v) is 11.3. The van der Waals surface area contributed by atoms with E-state index in [9.17, 15) is 9.90 Å². The summed E-state index contributed by atoms with van der Waals surface area (Å²) >= 11 is 0. The van der Waals surface area contributed by atoms with Crippen LogP contribution >= 0.6 is 0 Å². The van der Waals surface area contributed by atoms with Crippen LogP contribution in [-0.4, -0.2) is 54.8 Å². The number of nitrogens with one attached hydrogen (secondary N) is 1. The number of fused-ring (bicyclic) bond motifs is 1. The van der Waals surface area contributed by atoms with Crippen LogP contribution < -0.4 is 14.8 Å². The molecule has 2 fully saturated rings. The van der Waals surface area contributed by atoms with Gasteiger partial charge in [0.05, 0.1) is 6.04 Å². The predicted octanol–water partition coefficient (Wildman–Crippen LogP) is 2.88. The number of benzene rings is 2. The van der Waals surface area contributed by atoms with Gasteiger partial charge in [-0.2, -0.15) is 0 Å². The molecule has 4 atom stereocenters. The Morgan fingerprint density at radius 2 is 1.81 bits per heavy atom. The van der Waals surface area contributed by atoms with E-state index in [2.05, 4.69) is 22.3 Å². The molecule has 2 aromatic carbocycles. The fourth-order valence-corrected chi connectivity index (χ4v) is 4.79. The lowest BCUT2D eigenvalue weighted by atomic mass is 10.0. The summed E-state index contributed by atoms with van der Waals surface area (Å²) in [5.41, 5.74) is 1.95. The minimum Gasteiger partial charge on any atom is -0.486 e. The summed E-state index contributed by atoms with van der Waals surface area (Å²) in [7, 11) is 0. The van der Waals surface area contributed by atoms with Gasteiger partial charge in [-0.3, -0.25) is 4.79 Å². The van der Waals surface area contributed by atoms with Crippen molar-refractivity contribution in [2.75, 3.05) is 32.8 Å². The lowest BCUT2D eigenvalue weighted by molar-refractivity contribution is -0.124. The molecule has 164 valence electrons. The minimum atomic E-state index is -0.811. The number of amides is 1. The van der Waals surface area contributed by atoms with E-state index in [1.54, 1.807) is 0 Å². The average Bonchev–Trinajstić information content (AvgIpc) is 3.46. The van der Waals surface area contributed by atoms with E-state index >= 15 is 0 Å². The average molecular weight is 423 g/mol. The number of carbonyl (C=O) groups is 1. The summed E-state index contributed by atoms with van der Waals surface area (Å²) in [5.74, 6) is 1.65. The molecule has 2 unspecified atom stereocenters. The SMILES string of the molecule is O=C(N[C@H](CN1CCCC1)[C@@H](O)c1ccc2c(c1)OCCO2)C1CC1c1ccccc1.